The third kappa shape index (κ3) is 6.71. The van der Waals surface area contributed by atoms with E-state index in [1.165, 1.54) is 11.8 Å². The van der Waals surface area contributed by atoms with Crippen molar-refractivity contribution in [2.45, 2.75) is 24.2 Å². The summed E-state index contributed by atoms with van der Waals surface area (Å²) in [7, 11) is 1.65. The number of carbonyl (C=O) groups excluding carboxylic acids is 1. The van der Waals surface area contributed by atoms with E-state index in [9.17, 15) is 4.79 Å². The topological polar surface area (TPSA) is 81.1 Å². The number of ether oxygens (including phenoxy) is 1. The average Bonchev–Trinajstić information content (AvgIpc) is 3.42. The van der Waals surface area contributed by atoms with Crippen molar-refractivity contribution < 1.29 is 9.53 Å². The molecule has 0 fully saturated rings. The Morgan fingerprint density at radius 2 is 1.43 bits per heavy atom. The molecule has 0 unspecified atom stereocenters. The zero-order valence-corrected chi connectivity index (χ0v) is 23.1. The van der Waals surface area contributed by atoms with Gasteiger partial charge in [-0.15, -0.1) is 10.2 Å². The molecule has 0 saturated heterocycles. The summed E-state index contributed by atoms with van der Waals surface area (Å²) in [5.74, 6) is 2.07. The second kappa shape index (κ2) is 13.5. The zero-order valence-electron chi connectivity index (χ0n) is 22.2. The molecule has 8 heteroatoms. The van der Waals surface area contributed by atoms with Gasteiger partial charge in [0.2, 0.25) is 5.91 Å². The van der Waals surface area contributed by atoms with Gasteiger partial charge in [-0.05, 0) is 35.4 Å². The van der Waals surface area contributed by atoms with Crippen LogP contribution in [0.15, 0.2) is 120 Å². The van der Waals surface area contributed by atoms with E-state index in [1.807, 2.05) is 120 Å². The minimum Gasteiger partial charge on any atom is -0.495 e. The number of hydrogen-bond acceptors (Lipinski definition) is 6. The van der Waals surface area contributed by atoms with E-state index in [1.54, 1.807) is 7.11 Å². The fourth-order valence-electron chi connectivity index (χ4n) is 4.43. The number of aromatic nitrogens is 3. The lowest BCUT2D eigenvalue weighted by atomic mass is 9.98. The number of methoxy groups -OCH3 is 1. The molecule has 0 radical (unpaired) electrons. The fourth-order valence-corrected chi connectivity index (χ4v) is 5.34. The first-order chi connectivity index (χ1) is 19.7. The Labute approximate surface area is 238 Å². The number of carbonyl (C=O) groups is 1. The minimum atomic E-state index is -0.208. The van der Waals surface area contributed by atoms with Crippen molar-refractivity contribution in [3.63, 3.8) is 0 Å². The summed E-state index contributed by atoms with van der Waals surface area (Å²) in [6.45, 7) is 0.457. The van der Waals surface area contributed by atoms with Crippen LogP contribution in [0.1, 0.15) is 29.4 Å². The summed E-state index contributed by atoms with van der Waals surface area (Å²) in [5, 5.41) is 16.3. The molecule has 0 atom stereocenters. The van der Waals surface area contributed by atoms with E-state index >= 15 is 0 Å². The Kier molecular flexibility index (Phi) is 9.11. The van der Waals surface area contributed by atoms with Crippen LogP contribution in [0.25, 0.3) is 5.69 Å². The van der Waals surface area contributed by atoms with E-state index in [0.29, 0.717) is 18.7 Å². The molecule has 40 heavy (non-hydrogen) atoms. The molecule has 2 N–H and O–H groups in total. The molecule has 0 aliphatic heterocycles. The van der Waals surface area contributed by atoms with Crippen molar-refractivity contribution in [2.24, 2.45) is 0 Å². The molecule has 0 aliphatic carbocycles. The van der Waals surface area contributed by atoms with Gasteiger partial charge in [-0.2, -0.15) is 0 Å². The molecule has 5 aromatic rings. The SMILES string of the molecule is COc1ccccc1NCc1nnc(SCCC(=O)NC(c2ccccc2)c2ccccc2)n1-c1ccccc1. The minimum absolute atomic E-state index is 0.0194. The number of thioether (sulfide) groups is 1. The zero-order chi connectivity index (χ0) is 27.6. The molecule has 4 aromatic carbocycles. The predicted molar refractivity (Wildman–Crippen MR) is 160 cm³/mol. The summed E-state index contributed by atoms with van der Waals surface area (Å²) < 4.78 is 7.50. The van der Waals surface area contributed by atoms with Gasteiger partial charge in [0.1, 0.15) is 5.75 Å². The highest BCUT2D eigenvalue weighted by Gasteiger charge is 2.18. The summed E-state index contributed by atoms with van der Waals surface area (Å²) in [4.78, 5) is 13.1. The van der Waals surface area contributed by atoms with Crippen molar-refractivity contribution in [1.82, 2.24) is 20.1 Å². The first kappa shape index (κ1) is 27.0. The van der Waals surface area contributed by atoms with Crippen LogP contribution in [0.2, 0.25) is 0 Å². The van der Waals surface area contributed by atoms with Gasteiger partial charge >= 0.3 is 0 Å². The number of nitrogens with one attached hydrogen (secondary N) is 2. The molecule has 0 aliphatic rings. The van der Waals surface area contributed by atoms with E-state index < -0.39 is 0 Å². The van der Waals surface area contributed by atoms with Crippen LogP contribution in [0.5, 0.6) is 5.75 Å². The summed E-state index contributed by atoms with van der Waals surface area (Å²) in [5.41, 5.74) is 3.94. The van der Waals surface area contributed by atoms with E-state index in [4.69, 9.17) is 4.74 Å². The van der Waals surface area contributed by atoms with Crippen LogP contribution in [0.4, 0.5) is 5.69 Å². The molecular formula is C32H31N5O2S. The maximum atomic E-state index is 13.1. The lowest BCUT2D eigenvalue weighted by Crippen LogP contribution is -2.29. The Balaban J connectivity index is 1.27. The lowest BCUT2D eigenvalue weighted by molar-refractivity contribution is -0.121. The first-order valence-electron chi connectivity index (χ1n) is 13.1. The average molecular weight is 550 g/mol. The van der Waals surface area contributed by atoms with E-state index in [2.05, 4.69) is 20.8 Å². The number of nitrogens with zero attached hydrogens (tertiary/aromatic N) is 3. The summed E-state index contributed by atoms with van der Waals surface area (Å²) in [6.07, 6.45) is 0.345. The molecular weight excluding hydrogens is 518 g/mol. The summed E-state index contributed by atoms with van der Waals surface area (Å²) in [6, 6.07) is 37.6. The third-order valence-corrected chi connectivity index (χ3v) is 7.32. The highest BCUT2D eigenvalue weighted by atomic mass is 32.2. The van der Waals surface area contributed by atoms with Crippen molar-refractivity contribution in [3.8, 4) is 11.4 Å². The Morgan fingerprint density at radius 3 is 2.08 bits per heavy atom. The Morgan fingerprint density at radius 1 is 0.825 bits per heavy atom. The maximum Gasteiger partial charge on any atom is 0.221 e. The Bertz CT molecular complexity index is 1470. The van der Waals surface area contributed by atoms with Gasteiger partial charge in [0.05, 0.1) is 25.4 Å². The smallest absolute Gasteiger partial charge is 0.221 e. The molecule has 7 nitrogen and oxygen atoms in total. The predicted octanol–water partition coefficient (Wildman–Crippen LogP) is 6.28. The maximum absolute atomic E-state index is 13.1. The van der Waals surface area contributed by atoms with Gasteiger partial charge in [0, 0.05) is 17.9 Å². The normalized spacial score (nSPS) is 10.8. The second-order valence-corrected chi connectivity index (χ2v) is 10.1. The lowest BCUT2D eigenvalue weighted by Gasteiger charge is -2.20. The van der Waals surface area contributed by atoms with Gasteiger partial charge in [-0.3, -0.25) is 9.36 Å². The molecule has 1 heterocycles. The van der Waals surface area contributed by atoms with Crippen molar-refractivity contribution >= 4 is 23.4 Å². The fraction of sp³-hybridized carbons (Fsp3) is 0.156. The molecule has 5 rings (SSSR count). The van der Waals surface area contributed by atoms with Gasteiger partial charge in [-0.25, -0.2) is 0 Å². The van der Waals surface area contributed by atoms with Gasteiger partial charge in [0.15, 0.2) is 11.0 Å². The van der Waals surface area contributed by atoms with Gasteiger partial charge < -0.3 is 15.4 Å². The monoisotopic (exact) mass is 549 g/mol. The highest BCUT2D eigenvalue weighted by molar-refractivity contribution is 7.99. The molecule has 1 aromatic heterocycles. The quantitative estimate of drug-likeness (QED) is 0.178. The van der Waals surface area contributed by atoms with Crippen molar-refractivity contribution in [3.05, 3.63) is 132 Å². The van der Waals surface area contributed by atoms with Crippen molar-refractivity contribution in [1.29, 1.82) is 0 Å². The molecule has 0 spiro atoms. The number of hydrogen-bond donors (Lipinski definition) is 2. The van der Waals surface area contributed by atoms with Crippen LogP contribution in [0, 0.1) is 0 Å². The van der Waals surface area contributed by atoms with Gasteiger partial charge in [-0.1, -0.05) is 103 Å². The highest BCUT2D eigenvalue weighted by Crippen LogP contribution is 2.27. The van der Waals surface area contributed by atoms with Gasteiger partial charge in [0.25, 0.3) is 0 Å². The van der Waals surface area contributed by atoms with Crippen LogP contribution in [-0.4, -0.2) is 33.5 Å². The van der Waals surface area contributed by atoms with Crippen LogP contribution in [0.3, 0.4) is 0 Å². The van der Waals surface area contributed by atoms with Crippen LogP contribution >= 0.6 is 11.8 Å². The second-order valence-electron chi connectivity index (χ2n) is 9.04. The Hall–Kier alpha value is -4.56. The van der Waals surface area contributed by atoms with E-state index in [-0.39, 0.29) is 11.9 Å². The first-order valence-corrected chi connectivity index (χ1v) is 14.1. The molecule has 0 saturated carbocycles. The van der Waals surface area contributed by atoms with Crippen LogP contribution in [-0.2, 0) is 11.3 Å². The number of benzene rings is 4. The molecule has 202 valence electrons. The van der Waals surface area contributed by atoms with Crippen molar-refractivity contribution in [2.75, 3.05) is 18.2 Å². The summed E-state index contributed by atoms with van der Waals surface area (Å²) >= 11 is 1.52. The number of para-hydroxylation sites is 3. The third-order valence-electron chi connectivity index (χ3n) is 6.39. The van der Waals surface area contributed by atoms with E-state index in [0.717, 1.165) is 39.2 Å². The van der Waals surface area contributed by atoms with Crippen LogP contribution < -0.4 is 15.4 Å². The molecule has 0 bridgehead atoms. The standard InChI is InChI=1S/C32H31N5O2S/c1-39-28-20-12-11-19-27(28)33-23-29-35-36-32(37(29)26-17-9-4-10-18-26)40-22-21-30(38)34-31(24-13-5-2-6-14-24)25-15-7-3-8-16-25/h2-20,31,33H,21-23H2,1H3,(H,34,38). The molecule has 1 amide bonds. The number of rotatable bonds is 12. The number of amides is 1. The number of anilines is 1. The largest absolute Gasteiger partial charge is 0.495 e.